The summed E-state index contributed by atoms with van der Waals surface area (Å²) in [5, 5.41) is 11.4. The zero-order valence-corrected chi connectivity index (χ0v) is 12.1. The van der Waals surface area contributed by atoms with Crippen molar-refractivity contribution in [2.75, 3.05) is 13.1 Å². The van der Waals surface area contributed by atoms with E-state index in [1.54, 1.807) is 12.1 Å². The minimum absolute atomic E-state index is 0.108. The monoisotopic (exact) mass is 282 g/mol. The summed E-state index contributed by atoms with van der Waals surface area (Å²) >= 11 is 6.13. The van der Waals surface area contributed by atoms with Gasteiger partial charge in [-0.15, -0.1) is 0 Å². The molecule has 1 aromatic carbocycles. The van der Waals surface area contributed by atoms with Crippen LogP contribution in [-0.2, 0) is 6.54 Å². The van der Waals surface area contributed by atoms with Crippen LogP contribution in [0, 0.1) is 15.5 Å². The molecule has 1 aliphatic heterocycles. The smallest absolute Gasteiger partial charge is 0.269 e. The van der Waals surface area contributed by atoms with E-state index in [-0.39, 0.29) is 10.6 Å². The van der Waals surface area contributed by atoms with Crippen molar-refractivity contribution in [1.29, 1.82) is 0 Å². The first-order valence-corrected chi connectivity index (χ1v) is 6.90. The number of likely N-dealkylation sites (tertiary alicyclic amines) is 1. The van der Waals surface area contributed by atoms with Crippen LogP contribution in [0.1, 0.15) is 32.3 Å². The summed E-state index contributed by atoms with van der Waals surface area (Å²) in [7, 11) is 0. The number of piperidine rings is 1. The molecule has 1 saturated heterocycles. The van der Waals surface area contributed by atoms with Gasteiger partial charge in [0.1, 0.15) is 0 Å². The van der Waals surface area contributed by atoms with E-state index < -0.39 is 0 Å². The number of nitro groups is 1. The molecule has 0 atom stereocenters. The predicted octanol–water partition coefficient (Wildman–Crippen LogP) is 3.87. The van der Waals surface area contributed by atoms with E-state index in [2.05, 4.69) is 18.7 Å². The van der Waals surface area contributed by atoms with Gasteiger partial charge in [0, 0.05) is 23.7 Å². The van der Waals surface area contributed by atoms with Crippen LogP contribution in [0.4, 0.5) is 5.69 Å². The standard InChI is InChI=1S/C14H19ClN2O2/c1-14(2)5-7-16(8-6-14)10-11-9-12(17(18)19)3-4-13(11)15/h3-4,9H,5-8,10H2,1-2H3. The second-order valence-corrected chi connectivity index (χ2v) is 6.38. The quantitative estimate of drug-likeness (QED) is 0.624. The summed E-state index contributed by atoms with van der Waals surface area (Å²) in [6.07, 6.45) is 2.30. The molecular formula is C14H19ClN2O2. The lowest BCUT2D eigenvalue weighted by Crippen LogP contribution is -2.36. The highest BCUT2D eigenvalue weighted by molar-refractivity contribution is 6.31. The van der Waals surface area contributed by atoms with Gasteiger partial charge in [0.25, 0.3) is 5.69 Å². The second-order valence-electron chi connectivity index (χ2n) is 5.97. The van der Waals surface area contributed by atoms with Gasteiger partial charge < -0.3 is 0 Å². The Kier molecular flexibility index (Phi) is 4.11. The minimum atomic E-state index is -0.376. The van der Waals surface area contributed by atoms with Crippen LogP contribution < -0.4 is 0 Å². The van der Waals surface area contributed by atoms with Crippen molar-refractivity contribution in [1.82, 2.24) is 4.90 Å². The highest BCUT2D eigenvalue weighted by Crippen LogP contribution is 2.31. The predicted molar refractivity (Wildman–Crippen MR) is 76.4 cm³/mol. The molecule has 0 aromatic heterocycles. The molecule has 5 heteroatoms. The summed E-state index contributed by atoms with van der Waals surface area (Å²) < 4.78 is 0. The Balaban J connectivity index is 2.07. The topological polar surface area (TPSA) is 46.4 Å². The Morgan fingerprint density at radius 1 is 1.37 bits per heavy atom. The molecule has 1 fully saturated rings. The number of non-ortho nitro benzene ring substituents is 1. The van der Waals surface area contributed by atoms with Gasteiger partial charge in [0.05, 0.1) is 4.92 Å². The van der Waals surface area contributed by atoms with Crippen LogP contribution in [0.15, 0.2) is 18.2 Å². The summed E-state index contributed by atoms with van der Waals surface area (Å²) in [6.45, 7) is 7.30. The van der Waals surface area contributed by atoms with Gasteiger partial charge in [-0.1, -0.05) is 25.4 Å². The maximum Gasteiger partial charge on any atom is 0.269 e. The molecule has 1 heterocycles. The largest absolute Gasteiger partial charge is 0.299 e. The van der Waals surface area contributed by atoms with Gasteiger partial charge in [0.15, 0.2) is 0 Å². The van der Waals surface area contributed by atoms with Crippen LogP contribution in [0.5, 0.6) is 0 Å². The van der Waals surface area contributed by atoms with Crippen molar-refractivity contribution in [3.63, 3.8) is 0 Å². The molecule has 0 N–H and O–H groups in total. The fourth-order valence-corrected chi connectivity index (χ4v) is 2.53. The van der Waals surface area contributed by atoms with Crippen molar-refractivity contribution in [3.05, 3.63) is 38.9 Å². The Bertz CT molecular complexity index is 478. The lowest BCUT2D eigenvalue weighted by atomic mass is 9.82. The van der Waals surface area contributed by atoms with Crippen molar-refractivity contribution in [2.45, 2.75) is 33.2 Å². The number of rotatable bonds is 3. The van der Waals surface area contributed by atoms with Crippen LogP contribution >= 0.6 is 11.6 Å². The van der Waals surface area contributed by atoms with E-state index in [1.807, 2.05) is 0 Å². The minimum Gasteiger partial charge on any atom is -0.299 e. The zero-order chi connectivity index (χ0) is 14.0. The number of hydrogen-bond donors (Lipinski definition) is 0. The Labute approximate surface area is 118 Å². The molecule has 1 aliphatic rings. The summed E-state index contributed by atoms with van der Waals surface area (Å²) in [6, 6.07) is 4.65. The van der Waals surface area contributed by atoms with Gasteiger partial charge in [-0.3, -0.25) is 15.0 Å². The first kappa shape index (κ1) is 14.3. The normalized spacial score (nSPS) is 19.3. The Morgan fingerprint density at radius 3 is 2.58 bits per heavy atom. The second kappa shape index (κ2) is 5.47. The van der Waals surface area contributed by atoms with E-state index in [1.165, 1.54) is 6.07 Å². The number of halogens is 1. The SMILES string of the molecule is CC1(C)CCN(Cc2cc([N+](=O)[O-])ccc2Cl)CC1. The molecule has 104 valence electrons. The third-order valence-electron chi connectivity index (χ3n) is 3.84. The van der Waals surface area contributed by atoms with Crippen molar-refractivity contribution in [3.8, 4) is 0 Å². The maximum atomic E-state index is 10.8. The van der Waals surface area contributed by atoms with Crippen LogP contribution in [0.3, 0.4) is 0 Å². The number of nitro benzene ring substituents is 1. The summed E-state index contributed by atoms with van der Waals surface area (Å²) in [5.41, 5.74) is 1.36. The highest BCUT2D eigenvalue weighted by Gasteiger charge is 2.25. The van der Waals surface area contributed by atoms with E-state index >= 15 is 0 Å². The third kappa shape index (κ3) is 3.67. The molecule has 0 amide bonds. The van der Waals surface area contributed by atoms with Gasteiger partial charge in [-0.25, -0.2) is 0 Å². The van der Waals surface area contributed by atoms with Crippen LogP contribution in [-0.4, -0.2) is 22.9 Å². The molecular weight excluding hydrogens is 264 g/mol. The average Bonchev–Trinajstić information content (AvgIpc) is 2.34. The molecule has 4 nitrogen and oxygen atoms in total. The number of benzene rings is 1. The summed E-state index contributed by atoms with van der Waals surface area (Å²) in [5.74, 6) is 0. The molecule has 0 radical (unpaired) electrons. The highest BCUT2D eigenvalue weighted by atomic mass is 35.5. The van der Waals surface area contributed by atoms with E-state index in [9.17, 15) is 10.1 Å². The molecule has 0 saturated carbocycles. The summed E-state index contributed by atoms with van der Waals surface area (Å²) in [4.78, 5) is 12.7. The average molecular weight is 283 g/mol. The molecule has 0 spiro atoms. The fraction of sp³-hybridized carbons (Fsp3) is 0.571. The van der Waals surface area contributed by atoms with Crippen LogP contribution in [0.2, 0.25) is 5.02 Å². The Hall–Kier alpha value is -1.13. The number of nitrogens with zero attached hydrogens (tertiary/aromatic N) is 2. The van der Waals surface area contributed by atoms with Crippen molar-refractivity contribution >= 4 is 17.3 Å². The maximum absolute atomic E-state index is 10.8. The third-order valence-corrected chi connectivity index (χ3v) is 4.21. The first-order chi connectivity index (χ1) is 8.87. The number of hydrogen-bond acceptors (Lipinski definition) is 3. The molecule has 0 unspecified atom stereocenters. The van der Waals surface area contributed by atoms with Gasteiger partial charge in [0.2, 0.25) is 0 Å². The van der Waals surface area contributed by atoms with E-state index in [0.717, 1.165) is 31.5 Å². The molecule has 2 rings (SSSR count). The van der Waals surface area contributed by atoms with Crippen LogP contribution in [0.25, 0.3) is 0 Å². The van der Waals surface area contributed by atoms with E-state index in [0.29, 0.717) is 17.0 Å². The van der Waals surface area contributed by atoms with Gasteiger partial charge in [-0.2, -0.15) is 0 Å². The fourth-order valence-electron chi connectivity index (χ4n) is 2.35. The van der Waals surface area contributed by atoms with Gasteiger partial charge in [-0.05, 0) is 43.0 Å². The van der Waals surface area contributed by atoms with Crippen molar-refractivity contribution < 1.29 is 4.92 Å². The lowest BCUT2D eigenvalue weighted by molar-refractivity contribution is -0.384. The van der Waals surface area contributed by atoms with E-state index in [4.69, 9.17) is 11.6 Å². The molecule has 19 heavy (non-hydrogen) atoms. The lowest BCUT2D eigenvalue weighted by Gasteiger charge is -2.37. The Morgan fingerprint density at radius 2 is 2.00 bits per heavy atom. The van der Waals surface area contributed by atoms with Crippen molar-refractivity contribution in [2.24, 2.45) is 5.41 Å². The molecule has 0 aliphatic carbocycles. The van der Waals surface area contributed by atoms with Gasteiger partial charge >= 0.3 is 0 Å². The first-order valence-electron chi connectivity index (χ1n) is 6.53. The zero-order valence-electron chi connectivity index (χ0n) is 11.4. The molecule has 0 bridgehead atoms. The molecule has 1 aromatic rings.